The fourth-order valence-corrected chi connectivity index (χ4v) is 4.05. The number of hydrogen-bond acceptors (Lipinski definition) is 6. The van der Waals surface area contributed by atoms with Crippen LogP contribution in [0.3, 0.4) is 0 Å². The van der Waals surface area contributed by atoms with Crippen molar-refractivity contribution in [2.75, 3.05) is 44.2 Å². The van der Waals surface area contributed by atoms with Crippen LogP contribution in [0.15, 0.2) is 24.7 Å². The Morgan fingerprint density at radius 3 is 2.66 bits per heavy atom. The average Bonchev–Trinajstić information content (AvgIpc) is 3.51. The standard InChI is InChI=1S/C20H25N7O2/c28-18(24-7-2-8-25(10-9-24)20-21-5-1-6-22-20)16-14-26-11-12-27(13-15-3-4-15)19(29)17(26)23-16/h1,5-6,14-15H,2-4,7-13H2. The van der Waals surface area contributed by atoms with Crippen LogP contribution in [0, 0.1) is 5.92 Å². The molecule has 2 aliphatic heterocycles. The summed E-state index contributed by atoms with van der Waals surface area (Å²) in [5, 5.41) is 0. The van der Waals surface area contributed by atoms with Crippen molar-refractivity contribution in [1.82, 2.24) is 29.3 Å². The largest absolute Gasteiger partial charge is 0.339 e. The topological polar surface area (TPSA) is 87.5 Å². The van der Waals surface area contributed by atoms with E-state index in [0.717, 1.165) is 19.5 Å². The molecule has 0 atom stereocenters. The van der Waals surface area contributed by atoms with Gasteiger partial charge in [0.25, 0.3) is 11.8 Å². The van der Waals surface area contributed by atoms with Crippen molar-refractivity contribution < 1.29 is 9.59 Å². The maximum Gasteiger partial charge on any atom is 0.289 e. The van der Waals surface area contributed by atoms with Gasteiger partial charge in [-0.1, -0.05) is 0 Å². The second kappa shape index (κ2) is 7.46. The third-order valence-corrected chi connectivity index (χ3v) is 5.88. The van der Waals surface area contributed by atoms with Gasteiger partial charge in [0.1, 0.15) is 5.69 Å². The maximum atomic E-state index is 13.1. The highest BCUT2D eigenvalue weighted by Crippen LogP contribution is 2.30. The molecule has 9 heteroatoms. The zero-order valence-electron chi connectivity index (χ0n) is 16.4. The monoisotopic (exact) mass is 395 g/mol. The molecule has 0 unspecified atom stereocenters. The number of anilines is 1. The highest BCUT2D eigenvalue weighted by atomic mass is 16.2. The fourth-order valence-electron chi connectivity index (χ4n) is 4.05. The first-order valence-corrected chi connectivity index (χ1v) is 10.4. The lowest BCUT2D eigenvalue weighted by Gasteiger charge is -2.27. The minimum Gasteiger partial charge on any atom is -0.339 e. The Labute approximate surface area is 169 Å². The molecule has 2 aromatic heterocycles. The van der Waals surface area contributed by atoms with Crippen molar-refractivity contribution in [1.29, 1.82) is 0 Å². The van der Waals surface area contributed by atoms with E-state index >= 15 is 0 Å². The molecule has 0 aromatic carbocycles. The minimum absolute atomic E-state index is 0.0505. The third kappa shape index (κ3) is 3.68. The van der Waals surface area contributed by atoms with Crippen LogP contribution in [0.2, 0.25) is 0 Å². The SMILES string of the molecule is O=C(c1cn2c(n1)C(=O)N(CC1CC1)CC2)N1CCCN(c2ncccn2)CC1. The molecule has 1 saturated carbocycles. The lowest BCUT2D eigenvalue weighted by Crippen LogP contribution is -2.41. The summed E-state index contributed by atoms with van der Waals surface area (Å²) >= 11 is 0. The van der Waals surface area contributed by atoms with E-state index < -0.39 is 0 Å². The van der Waals surface area contributed by atoms with Crippen molar-refractivity contribution in [2.24, 2.45) is 5.92 Å². The second-order valence-corrected chi connectivity index (χ2v) is 8.02. The highest BCUT2D eigenvalue weighted by molar-refractivity contribution is 5.96. The van der Waals surface area contributed by atoms with Crippen molar-refractivity contribution in [3.8, 4) is 0 Å². The lowest BCUT2D eigenvalue weighted by atomic mass is 10.3. The van der Waals surface area contributed by atoms with Gasteiger partial charge < -0.3 is 19.3 Å². The first kappa shape index (κ1) is 18.1. The smallest absolute Gasteiger partial charge is 0.289 e. The van der Waals surface area contributed by atoms with Crippen LogP contribution in [0.25, 0.3) is 0 Å². The zero-order chi connectivity index (χ0) is 19.8. The summed E-state index contributed by atoms with van der Waals surface area (Å²) in [6.45, 7) is 4.94. The number of rotatable bonds is 4. The molecule has 1 saturated heterocycles. The number of nitrogens with zero attached hydrogens (tertiary/aromatic N) is 7. The van der Waals surface area contributed by atoms with E-state index in [1.807, 2.05) is 14.4 Å². The van der Waals surface area contributed by atoms with Crippen LogP contribution < -0.4 is 4.90 Å². The van der Waals surface area contributed by atoms with E-state index in [9.17, 15) is 9.59 Å². The molecule has 0 radical (unpaired) electrons. The van der Waals surface area contributed by atoms with E-state index in [4.69, 9.17) is 0 Å². The summed E-state index contributed by atoms with van der Waals surface area (Å²) in [6, 6.07) is 1.80. The Bertz CT molecular complexity index is 909. The third-order valence-electron chi connectivity index (χ3n) is 5.88. The Morgan fingerprint density at radius 1 is 1.03 bits per heavy atom. The van der Waals surface area contributed by atoms with E-state index in [0.29, 0.717) is 56.1 Å². The molecule has 29 heavy (non-hydrogen) atoms. The van der Waals surface area contributed by atoms with Gasteiger partial charge >= 0.3 is 0 Å². The van der Waals surface area contributed by atoms with E-state index in [-0.39, 0.29) is 11.8 Å². The van der Waals surface area contributed by atoms with Gasteiger partial charge in [-0.15, -0.1) is 0 Å². The molecule has 3 aliphatic rings. The lowest BCUT2D eigenvalue weighted by molar-refractivity contribution is 0.0688. The van der Waals surface area contributed by atoms with Crippen LogP contribution >= 0.6 is 0 Å². The molecule has 2 amide bonds. The van der Waals surface area contributed by atoms with Gasteiger partial charge in [0, 0.05) is 64.4 Å². The quantitative estimate of drug-likeness (QED) is 0.764. The van der Waals surface area contributed by atoms with Crippen molar-refractivity contribution in [3.05, 3.63) is 36.2 Å². The summed E-state index contributed by atoms with van der Waals surface area (Å²) in [5.41, 5.74) is 0.367. The fraction of sp³-hybridized carbons (Fsp3) is 0.550. The summed E-state index contributed by atoms with van der Waals surface area (Å²) < 4.78 is 1.83. The molecule has 1 aliphatic carbocycles. The van der Waals surface area contributed by atoms with Gasteiger partial charge in [-0.25, -0.2) is 15.0 Å². The molecule has 0 spiro atoms. The molecule has 4 heterocycles. The van der Waals surface area contributed by atoms with Gasteiger partial charge in [0.2, 0.25) is 5.95 Å². The number of aromatic nitrogens is 4. The van der Waals surface area contributed by atoms with Gasteiger partial charge in [-0.3, -0.25) is 9.59 Å². The molecule has 152 valence electrons. The molecule has 5 rings (SSSR count). The van der Waals surface area contributed by atoms with Gasteiger partial charge in [0.15, 0.2) is 5.82 Å². The number of amides is 2. The first-order valence-electron chi connectivity index (χ1n) is 10.4. The van der Waals surface area contributed by atoms with Crippen LogP contribution in [-0.2, 0) is 6.54 Å². The van der Waals surface area contributed by atoms with E-state index in [1.165, 1.54) is 12.8 Å². The molecule has 0 bridgehead atoms. The number of carbonyl (C=O) groups is 2. The molecule has 0 N–H and O–H groups in total. The molecule has 9 nitrogen and oxygen atoms in total. The number of hydrogen-bond donors (Lipinski definition) is 0. The number of fused-ring (bicyclic) bond motifs is 1. The van der Waals surface area contributed by atoms with Crippen LogP contribution in [0.1, 0.15) is 40.4 Å². The van der Waals surface area contributed by atoms with Crippen LogP contribution in [0.4, 0.5) is 5.95 Å². The van der Waals surface area contributed by atoms with E-state index in [1.54, 1.807) is 24.7 Å². The Hall–Kier alpha value is -2.97. The van der Waals surface area contributed by atoms with Crippen molar-refractivity contribution >= 4 is 17.8 Å². The van der Waals surface area contributed by atoms with Crippen molar-refractivity contribution in [3.63, 3.8) is 0 Å². The normalized spacial score (nSPS) is 19.9. The summed E-state index contributed by atoms with van der Waals surface area (Å²) in [7, 11) is 0. The average molecular weight is 395 g/mol. The Balaban J connectivity index is 1.27. The Morgan fingerprint density at radius 2 is 1.86 bits per heavy atom. The predicted molar refractivity (Wildman–Crippen MR) is 106 cm³/mol. The number of carbonyl (C=O) groups excluding carboxylic acids is 2. The van der Waals surface area contributed by atoms with Crippen LogP contribution in [-0.4, -0.2) is 80.4 Å². The van der Waals surface area contributed by atoms with Gasteiger partial charge in [0.05, 0.1) is 0 Å². The number of imidazole rings is 1. The zero-order valence-corrected chi connectivity index (χ0v) is 16.4. The molecule has 2 aromatic rings. The molecular formula is C20H25N7O2. The minimum atomic E-state index is -0.107. The summed E-state index contributed by atoms with van der Waals surface area (Å²) in [4.78, 5) is 44.7. The highest BCUT2D eigenvalue weighted by Gasteiger charge is 2.33. The Kier molecular flexibility index (Phi) is 4.65. The maximum absolute atomic E-state index is 13.1. The molecular weight excluding hydrogens is 370 g/mol. The second-order valence-electron chi connectivity index (χ2n) is 8.02. The van der Waals surface area contributed by atoms with Crippen molar-refractivity contribution in [2.45, 2.75) is 25.8 Å². The van der Waals surface area contributed by atoms with Crippen LogP contribution in [0.5, 0.6) is 0 Å². The summed E-state index contributed by atoms with van der Waals surface area (Å²) in [5.74, 6) is 1.58. The first-order chi connectivity index (χ1) is 14.2. The predicted octanol–water partition coefficient (Wildman–Crippen LogP) is 0.891. The molecule has 2 fully saturated rings. The van der Waals surface area contributed by atoms with Gasteiger partial charge in [-0.05, 0) is 31.2 Å². The van der Waals surface area contributed by atoms with Gasteiger partial charge in [-0.2, -0.15) is 0 Å². The van der Waals surface area contributed by atoms with E-state index in [2.05, 4.69) is 19.9 Å². The summed E-state index contributed by atoms with van der Waals surface area (Å²) in [6.07, 6.45) is 8.47.